The van der Waals surface area contributed by atoms with Crippen LogP contribution in [0.15, 0.2) is 5.38 Å². The SMILES string of the molecule is CC(C)(C)c1csc(NC(=O)C2CC2C(=O)O)n1. The first-order chi connectivity index (χ1) is 8.29. The first kappa shape index (κ1) is 13.0. The Hall–Kier alpha value is -1.43. The Morgan fingerprint density at radius 1 is 1.44 bits per heavy atom. The summed E-state index contributed by atoms with van der Waals surface area (Å²) in [4.78, 5) is 26.8. The van der Waals surface area contributed by atoms with Crippen molar-refractivity contribution in [3.05, 3.63) is 11.1 Å². The maximum atomic E-state index is 11.7. The van der Waals surface area contributed by atoms with Crippen LogP contribution in [0.1, 0.15) is 32.9 Å². The zero-order valence-corrected chi connectivity index (χ0v) is 11.4. The lowest BCUT2D eigenvalue weighted by Gasteiger charge is -2.14. The predicted octanol–water partition coefficient (Wildman–Crippen LogP) is 2.10. The number of nitrogens with one attached hydrogen (secondary N) is 1. The molecule has 0 radical (unpaired) electrons. The molecule has 0 spiro atoms. The molecular formula is C12H16N2O3S. The van der Waals surface area contributed by atoms with Gasteiger partial charge in [0.1, 0.15) is 0 Å². The van der Waals surface area contributed by atoms with Crippen LogP contribution in [0.25, 0.3) is 0 Å². The Morgan fingerprint density at radius 3 is 2.56 bits per heavy atom. The van der Waals surface area contributed by atoms with E-state index in [4.69, 9.17) is 5.11 Å². The number of thiazole rings is 1. The third kappa shape index (κ3) is 2.69. The quantitative estimate of drug-likeness (QED) is 0.879. The number of carboxylic acids is 1. The Balaban J connectivity index is 1.97. The fourth-order valence-corrected chi connectivity index (χ4v) is 2.57. The van der Waals surface area contributed by atoms with E-state index in [2.05, 4.69) is 31.1 Å². The zero-order chi connectivity index (χ0) is 13.5. The number of hydrogen-bond donors (Lipinski definition) is 2. The van der Waals surface area contributed by atoms with E-state index >= 15 is 0 Å². The Bertz CT molecular complexity index is 490. The molecule has 2 atom stereocenters. The van der Waals surface area contributed by atoms with E-state index in [-0.39, 0.29) is 11.3 Å². The summed E-state index contributed by atoms with van der Waals surface area (Å²) in [6.45, 7) is 6.15. The Kier molecular flexibility index (Phi) is 3.14. The second kappa shape index (κ2) is 4.35. The number of amides is 1. The van der Waals surface area contributed by atoms with E-state index in [9.17, 15) is 9.59 Å². The van der Waals surface area contributed by atoms with E-state index in [0.29, 0.717) is 11.6 Å². The highest BCUT2D eigenvalue weighted by molar-refractivity contribution is 7.13. The molecule has 1 saturated carbocycles. The molecule has 2 N–H and O–H groups in total. The summed E-state index contributed by atoms with van der Waals surface area (Å²) in [5, 5.41) is 13.9. The van der Waals surface area contributed by atoms with Crippen molar-refractivity contribution in [3.8, 4) is 0 Å². The number of aliphatic carboxylic acids is 1. The summed E-state index contributed by atoms with van der Waals surface area (Å²) < 4.78 is 0. The summed E-state index contributed by atoms with van der Waals surface area (Å²) in [6.07, 6.45) is 0.429. The minimum atomic E-state index is -0.898. The van der Waals surface area contributed by atoms with Gasteiger partial charge in [0.25, 0.3) is 0 Å². The van der Waals surface area contributed by atoms with Crippen molar-refractivity contribution in [1.82, 2.24) is 4.98 Å². The molecule has 5 nitrogen and oxygen atoms in total. The highest BCUT2D eigenvalue weighted by Crippen LogP contribution is 2.39. The zero-order valence-electron chi connectivity index (χ0n) is 10.6. The molecule has 1 aromatic rings. The van der Waals surface area contributed by atoms with Crippen LogP contribution in [0.4, 0.5) is 5.13 Å². The van der Waals surface area contributed by atoms with E-state index in [1.165, 1.54) is 11.3 Å². The average Bonchev–Trinajstić information content (AvgIpc) is 2.91. The van der Waals surface area contributed by atoms with Crippen molar-refractivity contribution in [2.45, 2.75) is 32.6 Å². The maximum Gasteiger partial charge on any atom is 0.307 e. The summed E-state index contributed by atoms with van der Waals surface area (Å²) in [5.74, 6) is -2.06. The molecule has 98 valence electrons. The van der Waals surface area contributed by atoms with Crippen molar-refractivity contribution in [2.24, 2.45) is 11.8 Å². The first-order valence-electron chi connectivity index (χ1n) is 5.78. The van der Waals surface area contributed by atoms with Crippen LogP contribution in [0.2, 0.25) is 0 Å². The predicted molar refractivity (Wildman–Crippen MR) is 68.7 cm³/mol. The molecule has 0 saturated heterocycles. The lowest BCUT2D eigenvalue weighted by Crippen LogP contribution is -2.17. The highest BCUT2D eigenvalue weighted by Gasteiger charge is 2.48. The normalized spacial score (nSPS) is 22.6. The average molecular weight is 268 g/mol. The lowest BCUT2D eigenvalue weighted by molar-refractivity contribution is -0.139. The largest absolute Gasteiger partial charge is 0.481 e. The van der Waals surface area contributed by atoms with E-state index in [1.54, 1.807) is 0 Å². The van der Waals surface area contributed by atoms with Crippen molar-refractivity contribution in [2.75, 3.05) is 5.32 Å². The molecule has 0 bridgehead atoms. The van der Waals surface area contributed by atoms with Crippen LogP contribution < -0.4 is 5.32 Å². The number of carbonyl (C=O) groups excluding carboxylic acids is 1. The molecule has 1 amide bonds. The minimum absolute atomic E-state index is 0.0529. The second-order valence-corrected chi connectivity index (χ2v) is 6.42. The van der Waals surface area contributed by atoms with E-state index in [0.717, 1.165) is 5.69 Å². The lowest BCUT2D eigenvalue weighted by atomic mass is 9.93. The van der Waals surface area contributed by atoms with Gasteiger partial charge >= 0.3 is 5.97 Å². The number of aromatic nitrogens is 1. The number of hydrogen-bond acceptors (Lipinski definition) is 4. The molecule has 2 rings (SSSR count). The summed E-state index contributed by atoms with van der Waals surface area (Å²) in [6, 6.07) is 0. The van der Waals surface area contributed by atoms with Gasteiger partial charge < -0.3 is 10.4 Å². The van der Waals surface area contributed by atoms with Gasteiger partial charge in [-0.25, -0.2) is 4.98 Å². The van der Waals surface area contributed by atoms with Gasteiger partial charge in [0.05, 0.1) is 17.5 Å². The number of carboxylic acid groups (broad SMARTS) is 1. The van der Waals surface area contributed by atoms with Crippen LogP contribution in [-0.2, 0) is 15.0 Å². The molecule has 1 fully saturated rings. The fourth-order valence-electron chi connectivity index (χ4n) is 1.63. The summed E-state index contributed by atoms with van der Waals surface area (Å²) >= 11 is 1.37. The number of nitrogens with zero attached hydrogens (tertiary/aromatic N) is 1. The van der Waals surface area contributed by atoms with Crippen LogP contribution in [0.5, 0.6) is 0 Å². The van der Waals surface area contributed by atoms with Crippen molar-refractivity contribution < 1.29 is 14.7 Å². The van der Waals surface area contributed by atoms with Gasteiger partial charge in [0, 0.05) is 10.8 Å². The highest BCUT2D eigenvalue weighted by atomic mass is 32.1. The van der Waals surface area contributed by atoms with E-state index < -0.39 is 17.8 Å². The smallest absolute Gasteiger partial charge is 0.307 e. The Morgan fingerprint density at radius 2 is 2.11 bits per heavy atom. The van der Waals surface area contributed by atoms with Gasteiger partial charge in [-0.3, -0.25) is 9.59 Å². The molecule has 0 aliphatic heterocycles. The molecule has 2 unspecified atom stereocenters. The van der Waals surface area contributed by atoms with Crippen molar-refractivity contribution in [1.29, 1.82) is 0 Å². The fraction of sp³-hybridized carbons (Fsp3) is 0.583. The molecular weight excluding hydrogens is 252 g/mol. The molecule has 6 heteroatoms. The first-order valence-corrected chi connectivity index (χ1v) is 6.66. The Labute approximate surface area is 109 Å². The van der Waals surface area contributed by atoms with Gasteiger partial charge in [0.2, 0.25) is 5.91 Å². The number of carbonyl (C=O) groups is 2. The van der Waals surface area contributed by atoms with Crippen molar-refractivity contribution >= 4 is 28.3 Å². The summed E-state index contributed by atoms with van der Waals surface area (Å²) in [5.41, 5.74) is 0.872. The third-order valence-electron chi connectivity index (χ3n) is 2.95. The third-order valence-corrected chi connectivity index (χ3v) is 3.70. The molecule has 0 aromatic carbocycles. The molecule has 1 aliphatic rings. The number of rotatable bonds is 3. The standard InChI is InChI=1S/C12H16N2O3S/c1-12(2,3)8-5-18-11(13-8)14-9(15)6-4-7(6)10(16)17/h5-7H,4H2,1-3H3,(H,16,17)(H,13,14,15). The summed E-state index contributed by atoms with van der Waals surface area (Å²) in [7, 11) is 0. The van der Waals surface area contributed by atoms with Gasteiger partial charge in [-0.1, -0.05) is 20.8 Å². The van der Waals surface area contributed by atoms with Crippen LogP contribution in [0, 0.1) is 11.8 Å². The van der Waals surface area contributed by atoms with Gasteiger partial charge in [-0.15, -0.1) is 11.3 Å². The number of anilines is 1. The monoisotopic (exact) mass is 268 g/mol. The van der Waals surface area contributed by atoms with Gasteiger partial charge in [0.15, 0.2) is 5.13 Å². The second-order valence-electron chi connectivity index (χ2n) is 5.56. The van der Waals surface area contributed by atoms with Gasteiger partial charge in [-0.05, 0) is 6.42 Å². The molecule has 1 aliphatic carbocycles. The topological polar surface area (TPSA) is 79.3 Å². The van der Waals surface area contributed by atoms with Gasteiger partial charge in [-0.2, -0.15) is 0 Å². The van der Waals surface area contributed by atoms with Crippen LogP contribution >= 0.6 is 11.3 Å². The molecule has 1 aromatic heterocycles. The molecule has 1 heterocycles. The van der Waals surface area contributed by atoms with E-state index in [1.807, 2.05) is 5.38 Å². The van der Waals surface area contributed by atoms with Crippen molar-refractivity contribution in [3.63, 3.8) is 0 Å². The van der Waals surface area contributed by atoms with Crippen LogP contribution in [-0.4, -0.2) is 22.0 Å². The minimum Gasteiger partial charge on any atom is -0.481 e. The maximum absolute atomic E-state index is 11.7. The molecule has 18 heavy (non-hydrogen) atoms. The van der Waals surface area contributed by atoms with Crippen LogP contribution in [0.3, 0.4) is 0 Å².